The van der Waals surface area contributed by atoms with Gasteiger partial charge in [0.2, 0.25) is 5.78 Å². The van der Waals surface area contributed by atoms with E-state index in [-0.39, 0.29) is 44.7 Å². The SMILES string of the molecule is CCC(Oc1ccc(CC(C)(C)C)cc1CC(C)(C)C)C(=O)Nc1cccc(C(=O)NC2=NN(c3c(Cl)cc(Cl)cc3Cl)CC2=O)c1. The maximum atomic E-state index is 13.4. The molecule has 3 aromatic rings. The summed E-state index contributed by atoms with van der Waals surface area (Å²) >= 11 is 18.6. The fraction of sp³-hybridized carbons (Fsp3) is 0.389. The molecule has 0 spiro atoms. The first kappa shape index (κ1) is 36.2. The van der Waals surface area contributed by atoms with Gasteiger partial charge in [-0.25, -0.2) is 0 Å². The van der Waals surface area contributed by atoms with Gasteiger partial charge in [0.15, 0.2) is 11.9 Å². The smallest absolute Gasteiger partial charge is 0.265 e. The van der Waals surface area contributed by atoms with Crippen LogP contribution in [-0.2, 0) is 22.4 Å². The van der Waals surface area contributed by atoms with Crippen LogP contribution in [0.25, 0.3) is 0 Å². The van der Waals surface area contributed by atoms with Crippen molar-refractivity contribution < 1.29 is 19.1 Å². The maximum Gasteiger partial charge on any atom is 0.265 e. The molecular formula is C36H41Cl3N4O4. The lowest BCUT2D eigenvalue weighted by molar-refractivity contribution is -0.122. The van der Waals surface area contributed by atoms with Gasteiger partial charge in [0.1, 0.15) is 12.3 Å². The van der Waals surface area contributed by atoms with Crippen LogP contribution in [0.4, 0.5) is 11.4 Å². The van der Waals surface area contributed by atoms with Crippen LogP contribution < -0.4 is 20.4 Å². The molecule has 0 aliphatic carbocycles. The third kappa shape index (κ3) is 9.95. The van der Waals surface area contributed by atoms with Gasteiger partial charge in [0.25, 0.3) is 11.8 Å². The van der Waals surface area contributed by atoms with E-state index in [2.05, 4.69) is 69.4 Å². The summed E-state index contributed by atoms with van der Waals surface area (Å²) in [6.45, 7) is 14.9. The molecule has 1 atom stereocenters. The highest BCUT2D eigenvalue weighted by Gasteiger charge is 2.30. The lowest BCUT2D eigenvalue weighted by Crippen LogP contribution is -2.35. The molecule has 2 N–H and O–H groups in total. The Morgan fingerprint density at radius 1 is 0.915 bits per heavy atom. The van der Waals surface area contributed by atoms with Crippen LogP contribution in [0.3, 0.4) is 0 Å². The molecule has 250 valence electrons. The number of ketones is 1. The van der Waals surface area contributed by atoms with Crippen molar-refractivity contribution in [3.63, 3.8) is 0 Å². The molecule has 47 heavy (non-hydrogen) atoms. The van der Waals surface area contributed by atoms with E-state index in [1.807, 2.05) is 13.0 Å². The summed E-state index contributed by atoms with van der Waals surface area (Å²) < 4.78 is 6.33. The number of rotatable bonds is 9. The Bertz CT molecular complexity index is 1690. The van der Waals surface area contributed by atoms with E-state index < -0.39 is 17.8 Å². The van der Waals surface area contributed by atoms with Crippen LogP contribution in [0.1, 0.15) is 76.4 Å². The molecule has 1 aliphatic rings. The third-order valence-electron chi connectivity index (χ3n) is 7.15. The monoisotopic (exact) mass is 698 g/mol. The first-order valence-corrected chi connectivity index (χ1v) is 16.6. The minimum Gasteiger partial charge on any atom is -0.480 e. The van der Waals surface area contributed by atoms with Gasteiger partial charge in [0, 0.05) is 16.3 Å². The topological polar surface area (TPSA) is 100 Å². The first-order chi connectivity index (χ1) is 21.9. The van der Waals surface area contributed by atoms with Crippen molar-refractivity contribution in [3.05, 3.63) is 86.4 Å². The average molecular weight is 700 g/mol. The number of halogens is 3. The zero-order valence-corrected chi connectivity index (χ0v) is 30.0. The average Bonchev–Trinajstić information content (AvgIpc) is 3.29. The van der Waals surface area contributed by atoms with E-state index >= 15 is 0 Å². The van der Waals surface area contributed by atoms with Gasteiger partial charge in [-0.1, -0.05) is 101 Å². The number of hydrogen-bond donors (Lipinski definition) is 2. The highest BCUT2D eigenvalue weighted by molar-refractivity contribution is 6.46. The van der Waals surface area contributed by atoms with E-state index in [1.165, 1.54) is 28.8 Å². The second-order valence-corrected chi connectivity index (χ2v) is 15.4. The molecule has 2 amide bonds. The Labute approximate surface area is 291 Å². The molecule has 0 radical (unpaired) electrons. The summed E-state index contributed by atoms with van der Waals surface area (Å²) in [5.74, 6) is -0.817. The molecule has 0 saturated heterocycles. The minimum atomic E-state index is -0.761. The fourth-order valence-corrected chi connectivity index (χ4v) is 6.24. The van der Waals surface area contributed by atoms with Gasteiger partial charge < -0.3 is 15.4 Å². The van der Waals surface area contributed by atoms with Crippen LogP contribution in [0.2, 0.25) is 15.1 Å². The minimum absolute atomic E-state index is 0.0202. The van der Waals surface area contributed by atoms with Crippen molar-refractivity contribution in [2.24, 2.45) is 15.9 Å². The highest BCUT2D eigenvalue weighted by atomic mass is 35.5. The number of amidine groups is 1. The number of benzene rings is 3. The largest absolute Gasteiger partial charge is 0.480 e. The molecule has 0 bridgehead atoms. The van der Waals surface area contributed by atoms with Gasteiger partial charge in [-0.05, 0) is 77.6 Å². The molecule has 1 unspecified atom stereocenters. The van der Waals surface area contributed by atoms with Crippen LogP contribution in [0, 0.1) is 10.8 Å². The number of Topliss-reactive ketones (excluding diaryl/α,β-unsaturated/α-hetero) is 1. The number of ether oxygens (including phenoxy) is 1. The molecule has 0 saturated carbocycles. The summed E-state index contributed by atoms with van der Waals surface area (Å²) in [7, 11) is 0. The normalized spacial score (nSPS) is 14.1. The molecule has 4 rings (SSSR count). The number of carbonyl (C=O) groups is 3. The third-order valence-corrected chi connectivity index (χ3v) is 7.95. The summed E-state index contributed by atoms with van der Waals surface area (Å²) in [6, 6.07) is 15.6. The van der Waals surface area contributed by atoms with Gasteiger partial charge in [-0.2, -0.15) is 0 Å². The second-order valence-electron chi connectivity index (χ2n) is 14.1. The second kappa shape index (κ2) is 14.7. The predicted octanol–water partition coefficient (Wildman–Crippen LogP) is 8.75. The van der Waals surface area contributed by atoms with Crippen LogP contribution in [0.15, 0.2) is 59.7 Å². The van der Waals surface area contributed by atoms with Crippen LogP contribution in [-0.4, -0.2) is 36.1 Å². The Balaban J connectivity index is 1.47. The van der Waals surface area contributed by atoms with Crippen molar-refractivity contribution in [3.8, 4) is 5.75 Å². The Morgan fingerprint density at radius 2 is 1.57 bits per heavy atom. The zero-order valence-electron chi connectivity index (χ0n) is 27.8. The molecule has 11 heteroatoms. The number of amides is 2. The van der Waals surface area contributed by atoms with Gasteiger partial charge in [-0.15, -0.1) is 5.10 Å². The van der Waals surface area contributed by atoms with E-state index in [0.29, 0.717) is 28.6 Å². The Hall–Kier alpha value is -3.59. The van der Waals surface area contributed by atoms with Crippen molar-refractivity contribution in [1.82, 2.24) is 5.32 Å². The van der Waals surface area contributed by atoms with Gasteiger partial charge in [0.05, 0.1) is 15.7 Å². The van der Waals surface area contributed by atoms with E-state index in [0.717, 1.165) is 18.4 Å². The van der Waals surface area contributed by atoms with Crippen LogP contribution >= 0.6 is 34.8 Å². The Morgan fingerprint density at radius 3 is 2.19 bits per heavy atom. The molecule has 8 nitrogen and oxygen atoms in total. The number of nitrogens with one attached hydrogen (secondary N) is 2. The number of anilines is 2. The highest BCUT2D eigenvalue weighted by Crippen LogP contribution is 2.38. The zero-order chi connectivity index (χ0) is 34.7. The number of hydrazone groups is 1. The molecule has 0 aromatic heterocycles. The molecule has 3 aromatic carbocycles. The summed E-state index contributed by atoms with van der Waals surface area (Å²) in [5.41, 5.74) is 3.38. The predicted molar refractivity (Wildman–Crippen MR) is 191 cm³/mol. The van der Waals surface area contributed by atoms with E-state index in [9.17, 15) is 14.4 Å². The molecule has 0 fully saturated rings. The summed E-state index contributed by atoms with van der Waals surface area (Å²) in [5, 5.41) is 11.7. The van der Waals surface area contributed by atoms with Gasteiger partial charge >= 0.3 is 0 Å². The molecule has 1 heterocycles. The Kier molecular flexibility index (Phi) is 11.3. The van der Waals surface area contributed by atoms with Crippen LogP contribution in [0.5, 0.6) is 5.75 Å². The van der Waals surface area contributed by atoms with Crippen molar-refractivity contribution in [2.45, 2.75) is 73.8 Å². The fourth-order valence-electron chi connectivity index (χ4n) is 5.22. The van der Waals surface area contributed by atoms with Gasteiger partial charge in [-0.3, -0.25) is 19.4 Å². The number of carbonyl (C=O) groups excluding carboxylic acids is 3. The maximum absolute atomic E-state index is 13.4. The number of hydrogen-bond acceptors (Lipinski definition) is 6. The summed E-state index contributed by atoms with van der Waals surface area (Å²) in [6.07, 6.45) is 1.39. The first-order valence-electron chi connectivity index (χ1n) is 15.5. The lowest BCUT2D eigenvalue weighted by Gasteiger charge is -2.25. The summed E-state index contributed by atoms with van der Waals surface area (Å²) in [4.78, 5) is 39.2. The number of nitrogens with zero attached hydrogens (tertiary/aromatic N) is 2. The standard InChI is InChI=1S/C36H41Cl3N4O4/c1-8-29(47-30-13-12-21(18-35(2,3)4)14-23(30)19-36(5,6)7)34(46)40-25-11-9-10-22(15-25)33(45)41-32-28(44)20-43(42-32)31-26(38)16-24(37)17-27(31)39/h9-17,29H,8,18-20H2,1-7H3,(H,40,46)(H,41,42,45). The lowest BCUT2D eigenvalue weighted by atomic mass is 9.84. The van der Waals surface area contributed by atoms with E-state index in [1.54, 1.807) is 18.2 Å². The van der Waals surface area contributed by atoms with Crippen molar-refractivity contribution in [1.29, 1.82) is 0 Å². The molecular weight excluding hydrogens is 659 g/mol. The molecule has 1 aliphatic heterocycles. The van der Waals surface area contributed by atoms with Crippen molar-refractivity contribution >= 4 is 69.6 Å². The van der Waals surface area contributed by atoms with Crippen molar-refractivity contribution in [2.75, 3.05) is 16.9 Å². The quantitative estimate of drug-likeness (QED) is 0.233. The van der Waals surface area contributed by atoms with E-state index in [4.69, 9.17) is 39.5 Å².